The Balaban J connectivity index is 0.000000235. The molecule has 6 heteroatoms. The number of carbonyl (C=O) groups is 1. The molecule has 1 N–H and O–H groups in total. The summed E-state index contributed by atoms with van der Waals surface area (Å²) in [6.45, 7) is 0. The van der Waals surface area contributed by atoms with E-state index in [1.165, 1.54) is 23.9 Å². The molecule has 0 spiro atoms. The third-order valence-electron chi connectivity index (χ3n) is 2.26. The lowest BCUT2D eigenvalue weighted by Gasteiger charge is -1.99. The van der Waals surface area contributed by atoms with E-state index in [0.29, 0.717) is 15.5 Å². The first-order valence-corrected chi connectivity index (χ1v) is 7.46. The monoisotopic (exact) mass is 328 g/mol. The van der Waals surface area contributed by atoms with E-state index >= 15 is 0 Å². The van der Waals surface area contributed by atoms with Crippen molar-refractivity contribution in [2.75, 3.05) is 5.75 Å². The molecule has 2 rings (SSSR count). The van der Waals surface area contributed by atoms with Gasteiger partial charge >= 0.3 is 5.97 Å². The van der Waals surface area contributed by atoms with Gasteiger partial charge in [0.1, 0.15) is 11.6 Å². The summed E-state index contributed by atoms with van der Waals surface area (Å²) in [5, 5.41) is 8.35. The SMILES string of the molecule is Fc1ccccc1S.O=C(O)CCSc1ccccc1F. The Labute approximate surface area is 131 Å². The van der Waals surface area contributed by atoms with Crippen LogP contribution in [0.2, 0.25) is 0 Å². The van der Waals surface area contributed by atoms with Gasteiger partial charge < -0.3 is 5.11 Å². The Hall–Kier alpha value is -1.53. The Kier molecular flexibility index (Phi) is 7.85. The molecule has 112 valence electrons. The van der Waals surface area contributed by atoms with Crippen molar-refractivity contribution in [2.45, 2.75) is 16.2 Å². The lowest BCUT2D eigenvalue weighted by Crippen LogP contribution is -1.96. The minimum Gasteiger partial charge on any atom is -0.481 e. The first-order valence-electron chi connectivity index (χ1n) is 6.03. The fourth-order valence-corrected chi connectivity index (χ4v) is 2.30. The van der Waals surface area contributed by atoms with E-state index < -0.39 is 5.97 Å². The van der Waals surface area contributed by atoms with E-state index in [4.69, 9.17) is 5.11 Å². The Morgan fingerprint density at radius 2 is 1.62 bits per heavy atom. The first-order chi connectivity index (χ1) is 10.0. The maximum absolute atomic E-state index is 12.9. The molecule has 0 atom stereocenters. The van der Waals surface area contributed by atoms with Gasteiger partial charge in [-0.2, -0.15) is 0 Å². The van der Waals surface area contributed by atoms with Crippen molar-refractivity contribution in [3.8, 4) is 0 Å². The highest BCUT2D eigenvalue weighted by Gasteiger charge is 2.02. The van der Waals surface area contributed by atoms with Crippen LogP contribution in [-0.4, -0.2) is 16.8 Å². The molecule has 0 aliphatic rings. The highest BCUT2D eigenvalue weighted by molar-refractivity contribution is 7.99. The lowest BCUT2D eigenvalue weighted by molar-refractivity contribution is -0.136. The number of halogens is 2. The van der Waals surface area contributed by atoms with Crippen LogP contribution in [0, 0.1) is 11.6 Å². The molecular weight excluding hydrogens is 314 g/mol. The molecule has 2 aromatic carbocycles. The lowest BCUT2D eigenvalue weighted by atomic mass is 10.3. The third kappa shape index (κ3) is 7.15. The summed E-state index contributed by atoms with van der Waals surface area (Å²) in [6.07, 6.45) is 0.0546. The van der Waals surface area contributed by atoms with Crippen molar-refractivity contribution in [1.82, 2.24) is 0 Å². The van der Waals surface area contributed by atoms with E-state index in [2.05, 4.69) is 12.6 Å². The molecule has 0 unspecified atom stereocenters. The number of carboxylic acids is 1. The molecule has 0 aliphatic carbocycles. The molecule has 0 aromatic heterocycles. The van der Waals surface area contributed by atoms with Gasteiger partial charge in [0.2, 0.25) is 0 Å². The summed E-state index contributed by atoms with van der Waals surface area (Å²) in [6, 6.07) is 12.7. The highest BCUT2D eigenvalue weighted by atomic mass is 32.2. The van der Waals surface area contributed by atoms with Crippen molar-refractivity contribution in [3.05, 3.63) is 60.2 Å². The van der Waals surface area contributed by atoms with Crippen LogP contribution in [0.25, 0.3) is 0 Å². The average molecular weight is 328 g/mol. The molecule has 0 aliphatic heterocycles. The van der Waals surface area contributed by atoms with Crippen molar-refractivity contribution in [3.63, 3.8) is 0 Å². The zero-order chi connectivity index (χ0) is 15.7. The molecule has 2 aromatic rings. The predicted octanol–water partition coefficient (Wildman–Crippen LogP) is 4.51. The molecular formula is C15H14F2O2S2. The zero-order valence-electron chi connectivity index (χ0n) is 11.0. The average Bonchev–Trinajstić information content (AvgIpc) is 2.45. The summed E-state index contributed by atoms with van der Waals surface area (Å²) in [5.41, 5.74) is 0. The highest BCUT2D eigenvalue weighted by Crippen LogP contribution is 2.21. The van der Waals surface area contributed by atoms with Gasteiger partial charge in [-0.3, -0.25) is 4.79 Å². The summed E-state index contributed by atoms with van der Waals surface area (Å²) < 4.78 is 25.2. The second kappa shape index (κ2) is 9.41. The third-order valence-corrected chi connectivity index (χ3v) is 3.68. The van der Waals surface area contributed by atoms with E-state index in [1.807, 2.05) is 0 Å². The van der Waals surface area contributed by atoms with Crippen LogP contribution in [0.15, 0.2) is 58.3 Å². The number of benzene rings is 2. The van der Waals surface area contributed by atoms with Gasteiger partial charge in [-0.15, -0.1) is 24.4 Å². The number of rotatable bonds is 4. The van der Waals surface area contributed by atoms with E-state index in [-0.39, 0.29) is 18.1 Å². The van der Waals surface area contributed by atoms with Crippen molar-refractivity contribution >= 4 is 30.4 Å². The molecule has 0 amide bonds. The largest absolute Gasteiger partial charge is 0.481 e. The van der Waals surface area contributed by atoms with E-state index in [9.17, 15) is 13.6 Å². The Morgan fingerprint density at radius 3 is 2.10 bits per heavy atom. The maximum atomic E-state index is 12.9. The fourth-order valence-electron chi connectivity index (χ4n) is 1.26. The summed E-state index contributed by atoms with van der Waals surface area (Å²) in [4.78, 5) is 11.1. The van der Waals surface area contributed by atoms with Gasteiger partial charge in [-0.1, -0.05) is 24.3 Å². The number of thioether (sulfide) groups is 1. The molecule has 0 radical (unpaired) electrons. The summed E-state index contributed by atoms with van der Waals surface area (Å²) >= 11 is 5.04. The van der Waals surface area contributed by atoms with Crippen LogP contribution in [-0.2, 0) is 4.79 Å². The number of aliphatic carboxylic acids is 1. The van der Waals surface area contributed by atoms with Gasteiger partial charge in [-0.25, -0.2) is 8.78 Å². The van der Waals surface area contributed by atoms with Crippen LogP contribution >= 0.6 is 24.4 Å². The van der Waals surface area contributed by atoms with Gasteiger partial charge in [0.05, 0.1) is 6.42 Å². The molecule has 2 nitrogen and oxygen atoms in total. The van der Waals surface area contributed by atoms with Crippen LogP contribution in [0.5, 0.6) is 0 Å². The van der Waals surface area contributed by atoms with Crippen molar-refractivity contribution in [1.29, 1.82) is 0 Å². The zero-order valence-corrected chi connectivity index (χ0v) is 12.7. The fraction of sp³-hybridized carbons (Fsp3) is 0.133. The molecule has 21 heavy (non-hydrogen) atoms. The quantitative estimate of drug-likeness (QED) is 0.641. The van der Waals surface area contributed by atoms with Gasteiger partial charge in [-0.05, 0) is 24.3 Å². The number of hydrogen-bond acceptors (Lipinski definition) is 3. The smallest absolute Gasteiger partial charge is 0.304 e. The topological polar surface area (TPSA) is 37.3 Å². The van der Waals surface area contributed by atoms with Crippen molar-refractivity contribution < 1.29 is 18.7 Å². The predicted molar refractivity (Wildman–Crippen MR) is 83.0 cm³/mol. The maximum Gasteiger partial charge on any atom is 0.304 e. The minimum atomic E-state index is -0.858. The molecule has 0 saturated carbocycles. The number of hydrogen-bond donors (Lipinski definition) is 2. The number of carboxylic acid groups (broad SMARTS) is 1. The van der Waals surface area contributed by atoms with Crippen LogP contribution in [0.1, 0.15) is 6.42 Å². The second-order valence-corrected chi connectivity index (χ2v) is 5.49. The molecule has 0 bridgehead atoms. The van der Waals surface area contributed by atoms with E-state index in [1.54, 1.807) is 36.4 Å². The number of thiol groups is 1. The standard InChI is InChI=1S/C9H9FO2S.C6H5FS/c10-7-3-1-2-4-8(7)13-6-5-9(11)12;7-5-3-1-2-4-6(5)8/h1-4H,5-6H2,(H,11,12);1-4,8H. The van der Waals surface area contributed by atoms with E-state index in [0.717, 1.165) is 0 Å². The first kappa shape index (κ1) is 17.5. The summed E-state index contributed by atoms with van der Waals surface area (Å²) in [5.74, 6) is -1.02. The molecule has 0 heterocycles. The normalized spacial score (nSPS) is 9.67. The van der Waals surface area contributed by atoms with Gasteiger partial charge in [0.15, 0.2) is 0 Å². The Morgan fingerprint density at radius 1 is 1.05 bits per heavy atom. The van der Waals surface area contributed by atoms with Crippen LogP contribution < -0.4 is 0 Å². The van der Waals surface area contributed by atoms with Gasteiger partial charge in [0.25, 0.3) is 0 Å². The van der Waals surface area contributed by atoms with Crippen molar-refractivity contribution in [2.24, 2.45) is 0 Å². The molecule has 0 fully saturated rings. The van der Waals surface area contributed by atoms with Crippen LogP contribution in [0.4, 0.5) is 8.78 Å². The summed E-state index contributed by atoms with van der Waals surface area (Å²) in [7, 11) is 0. The minimum absolute atomic E-state index is 0.0546. The molecule has 0 saturated heterocycles. The second-order valence-electron chi connectivity index (χ2n) is 3.87. The van der Waals surface area contributed by atoms with Gasteiger partial charge in [0, 0.05) is 15.5 Å². The Bertz CT molecular complexity index is 570. The van der Waals surface area contributed by atoms with Crippen LogP contribution in [0.3, 0.4) is 0 Å².